The molecule has 0 radical (unpaired) electrons. The summed E-state index contributed by atoms with van der Waals surface area (Å²) in [4.78, 5) is 22.2. The number of carbonyl (C=O) groups is 1. The summed E-state index contributed by atoms with van der Waals surface area (Å²) in [6.45, 7) is 7.66. The van der Waals surface area contributed by atoms with Crippen molar-refractivity contribution < 1.29 is 4.79 Å². The van der Waals surface area contributed by atoms with Crippen molar-refractivity contribution >= 4 is 46.6 Å². The lowest BCUT2D eigenvalue weighted by Crippen LogP contribution is -2.16. The maximum atomic E-state index is 13.2. The molecule has 0 saturated carbocycles. The van der Waals surface area contributed by atoms with Gasteiger partial charge in [-0.15, -0.1) is 5.10 Å². The van der Waals surface area contributed by atoms with Crippen molar-refractivity contribution in [2.45, 2.75) is 38.6 Å². The number of rotatable bonds is 6. The largest absolute Gasteiger partial charge is 0.320 e. The van der Waals surface area contributed by atoms with E-state index >= 15 is 0 Å². The lowest BCUT2D eigenvalue weighted by Gasteiger charge is -2.11. The van der Waals surface area contributed by atoms with Crippen LogP contribution in [0.5, 0.6) is 0 Å². The number of nitrogens with zero attached hydrogens (tertiary/aromatic N) is 5. The Balaban J connectivity index is 1.71. The Bertz CT molecular complexity index is 1370. The predicted octanol–water partition coefficient (Wildman–Crippen LogP) is 6.14. The molecule has 0 saturated heterocycles. The number of nitrogens with one attached hydrogen (secondary N) is 1. The number of halogens is 2. The van der Waals surface area contributed by atoms with E-state index in [4.69, 9.17) is 23.2 Å². The minimum absolute atomic E-state index is 0.202. The summed E-state index contributed by atoms with van der Waals surface area (Å²) < 4.78 is 1.63. The van der Waals surface area contributed by atoms with Crippen molar-refractivity contribution in [2.24, 2.45) is 0 Å². The Morgan fingerprint density at radius 2 is 1.68 bits per heavy atom. The minimum atomic E-state index is -0.383. The number of hydrogen-bond acceptors (Lipinski definition) is 6. The second-order valence-corrected chi connectivity index (χ2v) is 9.65. The fourth-order valence-electron chi connectivity index (χ4n) is 3.33. The van der Waals surface area contributed by atoms with Crippen molar-refractivity contribution in [1.82, 2.24) is 25.0 Å². The van der Waals surface area contributed by atoms with E-state index < -0.39 is 0 Å². The van der Waals surface area contributed by atoms with Gasteiger partial charge in [0.1, 0.15) is 0 Å². The Hall–Kier alpha value is -2.94. The average molecular weight is 513 g/mol. The monoisotopic (exact) mass is 512 g/mol. The SMILES string of the molecule is Cc1cc(C)nc(SCc2c(C(=O)Nc3cc(Cl)ccc3C)nnn2-c2ccc(C)c(Cl)c2)n1. The van der Waals surface area contributed by atoms with Gasteiger partial charge in [0.05, 0.1) is 11.4 Å². The number of amides is 1. The van der Waals surface area contributed by atoms with Gasteiger partial charge in [-0.2, -0.15) is 0 Å². The summed E-state index contributed by atoms with van der Waals surface area (Å²) in [5.74, 6) is -0.00894. The Kier molecular flexibility index (Phi) is 7.21. The maximum absolute atomic E-state index is 13.2. The molecule has 0 aliphatic rings. The standard InChI is InChI=1S/C24H22Cl2N6OS/c1-13-6-8-18(11-19(13)26)32-21(12-34-24-27-15(3)9-16(4)28-24)22(30-31-32)23(33)29-20-10-17(25)7-5-14(20)2/h5-11H,12H2,1-4H3,(H,29,33). The second-order valence-electron chi connectivity index (χ2n) is 7.87. The Labute approximate surface area is 211 Å². The topological polar surface area (TPSA) is 85.6 Å². The molecule has 0 atom stereocenters. The Morgan fingerprint density at radius 3 is 2.38 bits per heavy atom. The van der Waals surface area contributed by atoms with E-state index in [0.29, 0.717) is 38.0 Å². The molecule has 2 heterocycles. The lowest BCUT2D eigenvalue weighted by atomic mass is 10.2. The van der Waals surface area contributed by atoms with Gasteiger partial charge in [-0.1, -0.05) is 52.3 Å². The Morgan fingerprint density at radius 1 is 0.971 bits per heavy atom. The number of benzene rings is 2. The molecule has 10 heteroatoms. The number of aryl methyl sites for hydroxylation is 4. The average Bonchev–Trinajstić information content (AvgIpc) is 3.20. The molecule has 0 aliphatic carbocycles. The van der Waals surface area contributed by atoms with Crippen molar-refractivity contribution in [3.63, 3.8) is 0 Å². The van der Waals surface area contributed by atoms with Gasteiger partial charge in [-0.05, 0) is 69.2 Å². The highest BCUT2D eigenvalue weighted by Crippen LogP contribution is 2.27. The summed E-state index contributed by atoms with van der Waals surface area (Å²) in [6, 6.07) is 12.8. The van der Waals surface area contributed by atoms with E-state index in [9.17, 15) is 4.79 Å². The van der Waals surface area contributed by atoms with Crippen LogP contribution in [0.3, 0.4) is 0 Å². The van der Waals surface area contributed by atoms with Crippen LogP contribution in [-0.2, 0) is 5.75 Å². The van der Waals surface area contributed by atoms with Crippen LogP contribution in [0.15, 0.2) is 47.6 Å². The first-order valence-corrected chi connectivity index (χ1v) is 12.2. The van der Waals surface area contributed by atoms with Crippen LogP contribution in [0.4, 0.5) is 5.69 Å². The van der Waals surface area contributed by atoms with Gasteiger partial charge in [0.2, 0.25) is 0 Å². The molecule has 7 nitrogen and oxygen atoms in total. The van der Waals surface area contributed by atoms with Crippen LogP contribution in [0, 0.1) is 27.7 Å². The molecule has 1 N–H and O–H groups in total. The first-order valence-electron chi connectivity index (χ1n) is 10.4. The van der Waals surface area contributed by atoms with E-state index in [1.165, 1.54) is 11.8 Å². The van der Waals surface area contributed by atoms with Crippen molar-refractivity contribution in [3.05, 3.63) is 86.4 Å². The van der Waals surface area contributed by atoms with E-state index in [1.807, 2.05) is 52.0 Å². The number of aromatic nitrogens is 5. The van der Waals surface area contributed by atoms with Crippen LogP contribution in [0.25, 0.3) is 5.69 Å². The molecule has 4 aromatic rings. The van der Waals surface area contributed by atoms with Gasteiger partial charge in [0, 0.05) is 32.9 Å². The molecular weight excluding hydrogens is 491 g/mol. The third-order valence-corrected chi connectivity index (χ3v) is 6.63. The molecular formula is C24H22Cl2N6OS. The third-order valence-electron chi connectivity index (χ3n) is 5.13. The fourth-order valence-corrected chi connectivity index (χ4v) is 4.62. The van der Waals surface area contributed by atoms with Gasteiger partial charge in [0.15, 0.2) is 10.9 Å². The lowest BCUT2D eigenvalue weighted by molar-refractivity contribution is 0.102. The van der Waals surface area contributed by atoms with E-state index in [2.05, 4.69) is 25.6 Å². The van der Waals surface area contributed by atoms with Crippen molar-refractivity contribution in [3.8, 4) is 5.69 Å². The van der Waals surface area contributed by atoms with Gasteiger partial charge in [0.25, 0.3) is 5.91 Å². The minimum Gasteiger partial charge on any atom is -0.320 e. The molecule has 0 fully saturated rings. The zero-order valence-electron chi connectivity index (χ0n) is 19.1. The van der Waals surface area contributed by atoms with Gasteiger partial charge in [-0.3, -0.25) is 4.79 Å². The van der Waals surface area contributed by atoms with Gasteiger partial charge >= 0.3 is 0 Å². The number of anilines is 1. The molecule has 4 rings (SSSR count). The highest BCUT2D eigenvalue weighted by Gasteiger charge is 2.22. The highest BCUT2D eigenvalue weighted by atomic mass is 35.5. The quantitative estimate of drug-likeness (QED) is 0.246. The number of hydrogen-bond donors (Lipinski definition) is 1. The normalized spacial score (nSPS) is 11.0. The summed E-state index contributed by atoms with van der Waals surface area (Å²) in [6.07, 6.45) is 0. The molecule has 2 aromatic heterocycles. The summed E-state index contributed by atoms with van der Waals surface area (Å²) in [7, 11) is 0. The first kappa shape index (κ1) is 24.2. The van der Waals surface area contributed by atoms with E-state index in [1.54, 1.807) is 22.9 Å². The molecule has 2 aromatic carbocycles. The molecule has 1 amide bonds. The summed E-state index contributed by atoms with van der Waals surface area (Å²) in [5.41, 5.74) is 5.70. The van der Waals surface area contributed by atoms with Gasteiger partial charge < -0.3 is 5.32 Å². The van der Waals surface area contributed by atoms with Crippen molar-refractivity contribution in [2.75, 3.05) is 5.32 Å². The summed E-state index contributed by atoms with van der Waals surface area (Å²) >= 11 is 13.9. The zero-order chi connectivity index (χ0) is 24.4. The van der Waals surface area contributed by atoms with Crippen LogP contribution in [0.1, 0.15) is 38.7 Å². The van der Waals surface area contributed by atoms with E-state index in [-0.39, 0.29) is 11.6 Å². The molecule has 0 aliphatic heterocycles. The number of thioether (sulfide) groups is 1. The van der Waals surface area contributed by atoms with E-state index in [0.717, 1.165) is 22.5 Å². The third kappa shape index (κ3) is 5.41. The molecule has 0 spiro atoms. The maximum Gasteiger partial charge on any atom is 0.278 e. The fraction of sp³-hybridized carbons (Fsp3) is 0.208. The smallest absolute Gasteiger partial charge is 0.278 e. The number of carbonyl (C=O) groups excluding carboxylic acids is 1. The molecule has 0 unspecified atom stereocenters. The molecule has 174 valence electrons. The first-order chi connectivity index (χ1) is 16.2. The summed E-state index contributed by atoms with van der Waals surface area (Å²) in [5, 5.41) is 13.1. The van der Waals surface area contributed by atoms with Crippen LogP contribution in [-0.4, -0.2) is 30.9 Å². The van der Waals surface area contributed by atoms with Gasteiger partial charge in [-0.25, -0.2) is 14.6 Å². The van der Waals surface area contributed by atoms with Crippen LogP contribution >= 0.6 is 35.0 Å². The van der Waals surface area contributed by atoms with Crippen LogP contribution in [0.2, 0.25) is 10.0 Å². The zero-order valence-corrected chi connectivity index (χ0v) is 21.4. The molecule has 0 bridgehead atoms. The highest BCUT2D eigenvalue weighted by molar-refractivity contribution is 7.98. The molecule has 34 heavy (non-hydrogen) atoms. The van der Waals surface area contributed by atoms with Crippen LogP contribution < -0.4 is 5.32 Å². The predicted molar refractivity (Wildman–Crippen MR) is 136 cm³/mol. The van der Waals surface area contributed by atoms with Crippen molar-refractivity contribution in [1.29, 1.82) is 0 Å². The second kappa shape index (κ2) is 10.1.